The van der Waals surface area contributed by atoms with Gasteiger partial charge in [0, 0.05) is 11.6 Å². The summed E-state index contributed by atoms with van der Waals surface area (Å²) in [6.45, 7) is 6.53. The van der Waals surface area contributed by atoms with Crippen LogP contribution in [-0.4, -0.2) is 57.4 Å². The van der Waals surface area contributed by atoms with Crippen molar-refractivity contribution in [2.75, 3.05) is 6.61 Å². The molecule has 0 saturated heterocycles. The zero-order chi connectivity index (χ0) is 15.4. The predicted molar refractivity (Wildman–Crippen MR) is 70.6 cm³/mol. The lowest BCUT2D eigenvalue weighted by atomic mass is 9.88. The number of nitrogens with one attached hydrogen (secondary N) is 1. The van der Waals surface area contributed by atoms with Crippen LogP contribution in [-0.2, 0) is 9.53 Å². The summed E-state index contributed by atoms with van der Waals surface area (Å²) < 4.78 is 5.25. The Hall–Kier alpha value is -1.57. The fraction of sp³-hybridized carbons (Fsp3) is 0.615. The molecule has 0 fully saturated rings. The van der Waals surface area contributed by atoms with E-state index >= 15 is 0 Å². The number of hydrogen-bond donors (Lipinski definition) is 5. The van der Waals surface area contributed by atoms with E-state index in [0.717, 1.165) is 0 Å². The highest BCUT2D eigenvalue weighted by Crippen LogP contribution is 2.26. The second-order valence-electron chi connectivity index (χ2n) is 4.97. The molecule has 1 heterocycles. The van der Waals surface area contributed by atoms with Crippen LogP contribution in [0.2, 0.25) is 0 Å². The highest BCUT2D eigenvalue weighted by molar-refractivity contribution is 5.84. The van der Waals surface area contributed by atoms with Gasteiger partial charge in [0.2, 0.25) is 5.76 Å². The van der Waals surface area contributed by atoms with Crippen molar-refractivity contribution in [1.82, 2.24) is 5.32 Å². The van der Waals surface area contributed by atoms with E-state index in [9.17, 15) is 15.0 Å². The molecule has 114 valence electrons. The molecule has 5 atom stereocenters. The first kappa shape index (κ1) is 16.5. The van der Waals surface area contributed by atoms with Gasteiger partial charge in [0.15, 0.2) is 0 Å². The van der Waals surface area contributed by atoms with E-state index in [1.165, 1.54) is 6.08 Å². The van der Waals surface area contributed by atoms with Gasteiger partial charge in [-0.2, -0.15) is 0 Å². The Kier molecular flexibility index (Phi) is 5.55. The van der Waals surface area contributed by atoms with Crippen molar-refractivity contribution in [2.45, 2.75) is 38.2 Å². The van der Waals surface area contributed by atoms with E-state index in [4.69, 9.17) is 14.9 Å². The molecule has 0 saturated carbocycles. The zero-order valence-electron chi connectivity index (χ0n) is 11.5. The van der Waals surface area contributed by atoms with Crippen molar-refractivity contribution in [3.8, 4) is 0 Å². The Balaban J connectivity index is 3.04. The first-order valence-electron chi connectivity index (χ1n) is 6.28. The first-order chi connectivity index (χ1) is 9.27. The normalized spacial score (nSPS) is 28.9. The molecule has 20 heavy (non-hydrogen) atoms. The molecule has 1 rings (SSSR count). The minimum atomic E-state index is -1.43. The maximum Gasteiger partial charge on any atom is 0.370 e. The number of aliphatic hydroxyl groups excluding tert-OH is 3. The first-order valence-corrected chi connectivity index (χ1v) is 6.28. The average molecular weight is 287 g/mol. The summed E-state index contributed by atoms with van der Waals surface area (Å²) in [5.41, 5.74) is 0.619. The SMILES string of the molecule is C=C(C)NC1C(C)C=C(C(=O)O)OC1C(O)C(O)CO. The molecule has 0 aromatic carbocycles. The maximum absolute atomic E-state index is 11.0. The van der Waals surface area contributed by atoms with Crippen molar-refractivity contribution in [3.05, 3.63) is 24.1 Å². The zero-order valence-corrected chi connectivity index (χ0v) is 11.5. The van der Waals surface area contributed by atoms with Gasteiger partial charge in [0.1, 0.15) is 18.3 Å². The van der Waals surface area contributed by atoms with E-state index in [2.05, 4.69) is 11.9 Å². The van der Waals surface area contributed by atoms with Crippen LogP contribution < -0.4 is 5.32 Å². The fourth-order valence-electron chi connectivity index (χ4n) is 2.13. The lowest BCUT2D eigenvalue weighted by Gasteiger charge is -2.39. The topological polar surface area (TPSA) is 119 Å². The smallest absolute Gasteiger partial charge is 0.370 e. The number of aliphatic carboxylic acids is 1. The van der Waals surface area contributed by atoms with Crippen LogP contribution in [0.1, 0.15) is 13.8 Å². The van der Waals surface area contributed by atoms with Gasteiger partial charge < -0.3 is 30.5 Å². The number of aliphatic hydroxyl groups is 3. The summed E-state index contributed by atoms with van der Waals surface area (Å²) in [6, 6.07) is -0.466. The fourth-order valence-corrected chi connectivity index (χ4v) is 2.13. The van der Waals surface area contributed by atoms with Gasteiger partial charge in [0.05, 0.1) is 12.6 Å². The molecular weight excluding hydrogens is 266 g/mol. The summed E-state index contributed by atoms with van der Waals surface area (Å²) in [5.74, 6) is -1.80. The third-order valence-corrected chi connectivity index (χ3v) is 3.14. The molecule has 0 aromatic heterocycles. The van der Waals surface area contributed by atoms with Crippen molar-refractivity contribution in [2.24, 2.45) is 5.92 Å². The van der Waals surface area contributed by atoms with Crippen molar-refractivity contribution in [1.29, 1.82) is 0 Å². The maximum atomic E-state index is 11.0. The van der Waals surface area contributed by atoms with Crippen LogP contribution >= 0.6 is 0 Å². The third kappa shape index (κ3) is 3.72. The van der Waals surface area contributed by atoms with Crippen molar-refractivity contribution in [3.63, 3.8) is 0 Å². The van der Waals surface area contributed by atoms with Gasteiger partial charge >= 0.3 is 5.97 Å². The van der Waals surface area contributed by atoms with Gasteiger partial charge in [-0.05, 0) is 13.0 Å². The molecule has 5 N–H and O–H groups in total. The summed E-state index contributed by atoms with van der Waals surface area (Å²) in [6.07, 6.45) is -2.44. The second-order valence-corrected chi connectivity index (χ2v) is 4.97. The molecule has 5 unspecified atom stereocenters. The number of ether oxygens (including phenoxy) is 1. The minimum Gasteiger partial charge on any atom is -0.478 e. The molecule has 0 radical (unpaired) electrons. The Bertz CT molecular complexity index is 408. The molecule has 1 aliphatic rings. The summed E-state index contributed by atoms with van der Waals surface area (Å²) in [7, 11) is 0. The Morgan fingerprint density at radius 1 is 1.55 bits per heavy atom. The largest absolute Gasteiger partial charge is 0.478 e. The number of allylic oxidation sites excluding steroid dienone is 1. The highest BCUT2D eigenvalue weighted by atomic mass is 16.5. The molecular formula is C13H21NO6. The Morgan fingerprint density at radius 2 is 2.15 bits per heavy atom. The molecule has 0 spiro atoms. The predicted octanol–water partition coefficient (Wildman–Crippen LogP) is -0.804. The Morgan fingerprint density at radius 3 is 2.60 bits per heavy atom. The van der Waals surface area contributed by atoms with E-state index in [-0.39, 0.29) is 11.7 Å². The Labute approximate surface area is 117 Å². The average Bonchev–Trinajstić information content (AvgIpc) is 2.38. The van der Waals surface area contributed by atoms with Crippen LogP contribution in [0, 0.1) is 5.92 Å². The minimum absolute atomic E-state index is 0.267. The number of hydrogen-bond acceptors (Lipinski definition) is 6. The summed E-state index contributed by atoms with van der Waals surface area (Å²) in [5, 5.41) is 40.5. The highest BCUT2D eigenvalue weighted by Gasteiger charge is 2.41. The third-order valence-electron chi connectivity index (χ3n) is 3.14. The van der Waals surface area contributed by atoms with E-state index < -0.39 is 36.9 Å². The van der Waals surface area contributed by atoms with Crippen LogP contribution in [0.3, 0.4) is 0 Å². The summed E-state index contributed by atoms with van der Waals surface area (Å²) in [4.78, 5) is 11.0. The van der Waals surface area contributed by atoms with E-state index in [1.54, 1.807) is 13.8 Å². The number of rotatable bonds is 6. The lowest BCUT2D eigenvalue weighted by Crippen LogP contribution is -2.56. The van der Waals surface area contributed by atoms with Gasteiger partial charge in [-0.1, -0.05) is 13.5 Å². The standard InChI is InChI=1S/C13H21NO6/c1-6(2)14-10-7(3)4-9(13(18)19)20-12(10)11(17)8(16)5-15/h4,7-8,10-12,14-17H,1,5H2,2-3H3,(H,18,19). The molecule has 7 heteroatoms. The van der Waals surface area contributed by atoms with E-state index in [1.807, 2.05) is 0 Å². The number of carbonyl (C=O) groups is 1. The van der Waals surface area contributed by atoms with Crippen molar-refractivity contribution >= 4 is 5.97 Å². The monoisotopic (exact) mass is 287 g/mol. The van der Waals surface area contributed by atoms with Crippen LogP contribution in [0.25, 0.3) is 0 Å². The van der Waals surface area contributed by atoms with Crippen molar-refractivity contribution < 1.29 is 30.0 Å². The lowest BCUT2D eigenvalue weighted by molar-refractivity contribution is -0.145. The van der Waals surface area contributed by atoms with Crippen LogP contribution in [0.4, 0.5) is 0 Å². The van der Waals surface area contributed by atoms with Gasteiger partial charge in [-0.15, -0.1) is 0 Å². The number of carboxylic acids is 1. The van der Waals surface area contributed by atoms with E-state index in [0.29, 0.717) is 5.70 Å². The molecule has 0 amide bonds. The second kappa shape index (κ2) is 6.74. The molecule has 0 aromatic rings. The summed E-state index contributed by atoms with van der Waals surface area (Å²) >= 11 is 0. The van der Waals surface area contributed by atoms with Crippen LogP contribution in [0.15, 0.2) is 24.1 Å². The van der Waals surface area contributed by atoms with Gasteiger partial charge in [0.25, 0.3) is 0 Å². The van der Waals surface area contributed by atoms with Crippen LogP contribution in [0.5, 0.6) is 0 Å². The molecule has 0 bridgehead atoms. The van der Waals surface area contributed by atoms with Gasteiger partial charge in [-0.25, -0.2) is 4.79 Å². The molecule has 0 aliphatic carbocycles. The molecule has 7 nitrogen and oxygen atoms in total. The quantitative estimate of drug-likeness (QED) is 0.433. The molecule has 1 aliphatic heterocycles. The number of carboxylic acid groups (broad SMARTS) is 1. The van der Waals surface area contributed by atoms with Gasteiger partial charge in [-0.3, -0.25) is 0 Å².